The molecule has 1 aromatic heterocycles. The van der Waals surface area contributed by atoms with Crippen molar-refractivity contribution in [3.8, 4) is 5.75 Å². The van der Waals surface area contributed by atoms with Crippen molar-refractivity contribution < 1.29 is 24.5 Å². The zero-order chi connectivity index (χ0) is 15.2. The summed E-state index contributed by atoms with van der Waals surface area (Å²) in [5.41, 5.74) is -2.68. The lowest BCUT2D eigenvalue weighted by molar-refractivity contribution is -0.131. The van der Waals surface area contributed by atoms with Crippen LogP contribution in [0.1, 0.15) is 17.1 Å². The number of anilines is 1. The Bertz CT molecular complexity index is 796. The molecule has 0 fully saturated rings. The van der Waals surface area contributed by atoms with E-state index in [0.29, 0.717) is 5.69 Å². The fourth-order valence-corrected chi connectivity index (χ4v) is 2.33. The first-order chi connectivity index (χ1) is 9.98. The van der Waals surface area contributed by atoms with Crippen LogP contribution in [0.2, 0.25) is 0 Å². The third-order valence-corrected chi connectivity index (χ3v) is 3.35. The number of hydrogen-bond donors (Lipinski definition) is 4. The average molecular weight is 289 g/mol. The molecule has 1 aliphatic heterocycles. The fraction of sp³-hybridized carbons (Fsp3) is 0.143. The number of hydrogen-bond acceptors (Lipinski definition) is 6. The molecule has 7 nitrogen and oxygen atoms in total. The highest BCUT2D eigenvalue weighted by Gasteiger charge is 2.51. The molecule has 0 saturated heterocycles. The molecule has 4 N–H and O–H groups in total. The number of carbonyl (C=O) groups is 1. The fourth-order valence-electron chi connectivity index (χ4n) is 2.33. The molecule has 0 aliphatic carbocycles. The molecular weight excluding hydrogens is 278 g/mol. The number of aromatic hydroxyl groups is 1. The van der Waals surface area contributed by atoms with Gasteiger partial charge in [-0.15, -0.1) is 0 Å². The number of fused-ring (bicyclic) bond motifs is 1. The van der Waals surface area contributed by atoms with Crippen molar-refractivity contribution in [2.24, 2.45) is 0 Å². The molecule has 0 spiro atoms. The third kappa shape index (κ3) is 1.75. The van der Waals surface area contributed by atoms with Crippen LogP contribution < -0.4 is 10.7 Å². The molecule has 108 valence electrons. The lowest BCUT2D eigenvalue weighted by atomic mass is 9.91. The molecule has 3 rings (SSSR count). The van der Waals surface area contributed by atoms with Gasteiger partial charge in [0, 0.05) is 17.3 Å². The van der Waals surface area contributed by atoms with Gasteiger partial charge in [-0.2, -0.15) is 0 Å². The van der Waals surface area contributed by atoms with E-state index in [1.807, 2.05) is 0 Å². The van der Waals surface area contributed by atoms with Crippen molar-refractivity contribution in [3.63, 3.8) is 0 Å². The maximum atomic E-state index is 12.1. The Labute approximate surface area is 118 Å². The normalized spacial score (nSPS) is 20.2. The van der Waals surface area contributed by atoms with E-state index in [0.717, 1.165) is 6.07 Å². The summed E-state index contributed by atoms with van der Waals surface area (Å²) >= 11 is 0. The van der Waals surface area contributed by atoms with Crippen LogP contribution in [0.15, 0.2) is 39.5 Å². The number of amides is 1. The third-order valence-electron chi connectivity index (χ3n) is 3.35. The van der Waals surface area contributed by atoms with Crippen LogP contribution in [0.3, 0.4) is 0 Å². The van der Waals surface area contributed by atoms with Gasteiger partial charge in [0.1, 0.15) is 12.4 Å². The minimum Gasteiger partial charge on any atom is -0.502 e. The minimum atomic E-state index is -2.33. The Morgan fingerprint density at radius 2 is 1.95 bits per heavy atom. The van der Waals surface area contributed by atoms with E-state index >= 15 is 0 Å². The molecule has 0 saturated carbocycles. The lowest BCUT2D eigenvalue weighted by Gasteiger charge is -2.20. The van der Waals surface area contributed by atoms with Gasteiger partial charge >= 0.3 is 0 Å². The summed E-state index contributed by atoms with van der Waals surface area (Å²) in [6.07, 6.45) is 0. The van der Waals surface area contributed by atoms with Gasteiger partial charge in [0.25, 0.3) is 5.91 Å². The van der Waals surface area contributed by atoms with Crippen LogP contribution >= 0.6 is 0 Å². The number of benzene rings is 1. The van der Waals surface area contributed by atoms with Crippen molar-refractivity contribution in [2.45, 2.75) is 12.2 Å². The van der Waals surface area contributed by atoms with Crippen LogP contribution in [0, 0.1) is 0 Å². The summed E-state index contributed by atoms with van der Waals surface area (Å²) in [6.45, 7) is -0.609. The van der Waals surface area contributed by atoms with E-state index in [-0.39, 0.29) is 11.3 Å². The summed E-state index contributed by atoms with van der Waals surface area (Å²) in [5.74, 6) is -2.50. The van der Waals surface area contributed by atoms with Crippen molar-refractivity contribution in [2.75, 3.05) is 5.32 Å². The van der Waals surface area contributed by atoms with Gasteiger partial charge in [-0.3, -0.25) is 9.59 Å². The predicted octanol–water partition coefficient (Wildman–Crippen LogP) is 0.0257. The monoisotopic (exact) mass is 289 g/mol. The largest absolute Gasteiger partial charge is 0.502 e. The summed E-state index contributed by atoms with van der Waals surface area (Å²) in [6, 6.07) is 7.18. The zero-order valence-electron chi connectivity index (χ0n) is 10.7. The van der Waals surface area contributed by atoms with Crippen molar-refractivity contribution in [1.82, 2.24) is 0 Å². The molecule has 0 bridgehead atoms. The zero-order valence-corrected chi connectivity index (χ0v) is 10.7. The Morgan fingerprint density at radius 3 is 2.67 bits per heavy atom. The molecule has 0 radical (unpaired) electrons. The number of rotatable bonds is 2. The smallest absolute Gasteiger partial charge is 0.269 e. The van der Waals surface area contributed by atoms with Crippen LogP contribution in [0.4, 0.5) is 5.69 Å². The molecule has 1 aliphatic rings. The maximum Gasteiger partial charge on any atom is 0.269 e. The maximum absolute atomic E-state index is 12.1. The van der Waals surface area contributed by atoms with Crippen LogP contribution in [0.5, 0.6) is 5.75 Å². The average Bonchev–Trinajstić information content (AvgIpc) is 2.74. The Kier molecular flexibility index (Phi) is 2.82. The highest BCUT2D eigenvalue weighted by atomic mass is 16.4. The second-order valence-corrected chi connectivity index (χ2v) is 4.62. The number of aliphatic hydroxyl groups is 2. The van der Waals surface area contributed by atoms with Crippen LogP contribution in [-0.4, -0.2) is 21.2 Å². The first-order valence-corrected chi connectivity index (χ1v) is 6.09. The van der Waals surface area contributed by atoms with Crippen LogP contribution in [-0.2, 0) is 17.0 Å². The van der Waals surface area contributed by atoms with Gasteiger partial charge in [-0.1, -0.05) is 18.2 Å². The summed E-state index contributed by atoms with van der Waals surface area (Å²) in [5, 5.41) is 32.1. The first kappa shape index (κ1) is 13.3. The second kappa shape index (κ2) is 4.44. The molecular formula is C14H11NO6. The van der Waals surface area contributed by atoms with Crippen molar-refractivity contribution in [3.05, 3.63) is 57.6 Å². The van der Waals surface area contributed by atoms with E-state index < -0.39 is 35.1 Å². The lowest BCUT2D eigenvalue weighted by Crippen LogP contribution is -2.36. The molecule has 1 unspecified atom stereocenters. The Hall–Kier alpha value is -2.64. The first-order valence-electron chi connectivity index (χ1n) is 6.09. The molecule has 1 amide bonds. The molecule has 21 heavy (non-hydrogen) atoms. The van der Waals surface area contributed by atoms with Crippen LogP contribution in [0.25, 0.3) is 0 Å². The number of para-hydroxylation sites is 1. The van der Waals surface area contributed by atoms with Gasteiger partial charge in [0.05, 0.1) is 0 Å². The molecule has 2 heterocycles. The minimum absolute atomic E-state index is 0.156. The SMILES string of the molecule is O=C1Nc2ccccc2C1(O)c1oc(CO)cc(=O)c1O. The second-order valence-electron chi connectivity index (χ2n) is 4.62. The topological polar surface area (TPSA) is 120 Å². The molecule has 2 aromatic rings. The van der Waals surface area contributed by atoms with E-state index in [2.05, 4.69) is 5.32 Å². The molecule has 1 atom stereocenters. The van der Waals surface area contributed by atoms with E-state index in [1.54, 1.807) is 18.2 Å². The van der Waals surface area contributed by atoms with Crippen molar-refractivity contribution in [1.29, 1.82) is 0 Å². The predicted molar refractivity (Wildman–Crippen MR) is 70.6 cm³/mol. The number of nitrogens with one attached hydrogen (secondary N) is 1. The Balaban J connectivity index is 2.32. The van der Waals surface area contributed by atoms with E-state index in [4.69, 9.17) is 9.52 Å². The van der Waals surface area contributed by atoms with Gasteiger partial charge in [0.15, 0.2) is 5.76 Å². The quantitative estimate of drug-likeness (QED) is 0.619. The number of carbonyl (C=O) groups excluding carboxylic acids is 1. The van der Waals surface area contributed by atoms with E-state index in [9.17, 15) is 19.8 Å². The molecule has 7 heteroatoms. The summed E-state index contributed by atoms with van der Waals surface area (Å²) < 4.78 is 5.14. The van der Waals surface area contributed by atoms with Crippen molar-refractivity contribution >= 4 is 11.6 Å². The van der Waals surface area contributed by atoms with Gasteiger partial charge in [-0.25, -0.2) is 0 Å². The standard InChI is InChI=1S/C14H11NO6/c16-6-7-5-10(17)11(18)12(21-7)14(20)8-3-1-2-4-9(8)15-13(14)19/h1-5,16,18,20H,6H2,(H,15,19). The summed E-state index contributed by atoms with van der Waals surface area (Å²) in [7, 11) is 0. The van der Waals surface area contributed by atoms with Gasteiger partial charge < -0.3 is 25.1 Å². The number of aliphatic hydroxyl groups excluding tert-OH is 1. The van der Waals surface area contributed by atoms with Gasteiger partial charge in [-0.05, 0) is 6.07 Å². The highest BCUT2D eigenvalue weighted by molar-refractivity contribution is 6.07. The highest BCUT2D eigenvalue weighted by Crippen LogP contribution is 2.42. The Morgan fingerprint density at radius 1 is 1.24 bits per heavy atom. The van der Waals surface area contributed by atoms with Gasteiger partial charge in [0.2, 0.25) is 16.8 Å². The molecule has 1 aromatic carbocycles. The van der Waals surface area contributed by atoms with E-state index in [1.165, 1.54) is 6.07 Å². The summed E-state index contributed by atoms with van der Waals surface area (Å²) in [4.78, 5) is 23.8.